The first-order valence-electron chi connectivity index (χ1n) is 5.31. The Morgan fingerprint density at radius 2 is 3.25 bits per heavy atom. The minimum Gasteiger partial charge on any atom is -0.326 e. The summed E-state index contributed by atoms with van der Waals surface area (Å²) in [5.41, 5.74) is 0. The zero-order valence-corrected chi connectivity index (χ0v) is 5.36. The smallest absolute Gasteiger partial charge is 0.177 e. The van der Waals surface area contributed by atoms with Crippen molar-refractivity contribution >= 4 is 15.9 Å². The first kappa shape index (κ1) is 1.59. The van der Waals surface area contributed by atoms with Crippen molar-refractivity contribution in [3.8, 4) is 0 Å². The van der Waals surface area contributed by atoms with E-state index in [0.717, 1.165) is 0 Å². The van der Waals surface area contributed by atoms with Gasteiger partial charge in [-0.1, -0.05) is 0 Å². The third kappa shape index (κ3) is 0.916. The summed E-state index contributed by atoms with van der Waals surface area (Å²) >= 11 is 2.82. The van der Waals surface area contributed by atoms with Gasteiger partial charge in [-0.15, -0.1) is 0 Å². The summed E-state index contributed by atoms with van der Waals surface area (Å²) in [5, 5.41) is 0. The molecule has 0 aliphatic carbocycles. The Morgan fingerprint density at radius 3 is 3.75 bits per heavy atom. The van der Waals surface area contributed by atoms with Gasteiger partial charge in [-0.25, -0.2) is 4.98 Å². The van der Waals surface area contributed by atoms with E-state index >= 15 is 0 Å². The normalized spacial score (nSPS) is 25.9. The van der Waals surface area contributed by atoms with E-state index in [2.05, 4.69) is 20.9 Å². The Morgan fingerprint density at radius 1 is 2.38 bits per heavy atom. The van der Waals surface area contributed by atoms with E-state index in [-0.39, 0.29) is 4.73 Å². The summed E-state index contributed by atoms with van der Waals surface area (Å²) < 4.78 is 50.7. The number of aromatic nitrogens is 2. The average molecular weight is 182 g/mol. The fourth-order valence-electron chi connectivity index (χ4n) is 0.291. The molecule has 3 heteroatoms. The molecule has 0 aromatic carbocycles. The van der Waals surface area contributed by atoms with Crippen LogP contribution in [0.5, 0.6) is 0 Å². The first-order valence-corrected chi connectivity index (χ1v) is 2.60. The van der Waals surface area contributed by atoms with Gasteiger partial charge in [0.25, 0.3) is 0 Å². The number of imidazole rings is 1. The molecule has 0 aliphatic heterocycles. The molecule has 0 saturated heterocycles. The lowest BCUT2D eigenvalue weighted by atomic mass is 10.7. The maximum atomic E-state index is 7.41. The number of halogens is 1. The van der Waals surface area contributed by atoms with Crippen LogP contribution in [0, 0.1) is 0 Å². The highest BCUT2D eigenvalue weighted by atomic mass is 79.9. The second-order valence-electron chi connectivity index (χ2n) is 1.05. The van der Waals surface area contributed by atoms with Crippen molar-refractivity contribution in [1.29, 1.82) is 0 Å². The van der Waals surface area contributed by atoms with Gasteiger partial charge in [0, 0.05) is 25.7 Å². The largest absolute Gasteiger partial charge is 0.326 e. The standard InChI is InChI=1S/C5H7BrN2/c1-2-8-4-3-7-5(8)6/h3-4H,2H2,1H3/i1D3,2D2,3D,4D. The van der Waals surface area contributed by atoms with Gasteiger partial charge in [0.05, 0.1) is 2.74 Å². The molecule has 0 amide bonds. The zero-order valence-electron chi connectivity index (χ0n) is 10.8. The summed E-state index contributed by atoms with van der Waals surface area (Å²) in [6, 6.07) is 0. The van der Waals surface area contributed by atoms with Crippen LogP contribution in [0.2, 0.25) is 0 Å². The summed E-state index contributed by atoms with van der Waals surface area (Å²) in [6.07, 6.45) is -1.06. The molecule has 1 rings (SSSR count). The summed E-state index contributed by atoms with van der Waals surface area (Å²) in [5.74, 6) is 0. The summed E-state index contributed by atoms with van der Waals surface area (Å²) in [7, 11) is 0. The topological polar surface area (TPSA) is 17.8 Å². The van der Waals surface area contributed by atoms with Gasteiger partial charge in [0.15, 0.2) is 4.73 Å². The molecule has 0 fully saturated rings. The van der Waals surface area contributed by atoms with Crippen LogP contribution in [0.4, 0.5) is 0 Å². The molecule has 0 aliphatic rings. The van der Waals surface area contributed by atoms with E-state index in [1.807, 2.05) is 0 Å². The summed E-state index contributed by atoms with van der Waals surface area (Å²) in [4.78, 5) is 3.46. The third-order valence-corrected chi connectivity index (χ3v) is 1.14. The Bertz CT molecular complexity index is 381. The molecule has 2 nitrogen and oxygen atoms in total. The van der Waals surface area contributed by atoms with Crippen molar-refractivity contribution in [2.75, 3.05) is 0 Å². The highest BCUT2D eigenvalue weighted by molar-refractivity contribution is 9.10. The number of hydrogen-bond acceptors (Lipinski definition) is 1. The van der Waals surface area contributed by atoms with Crippen LogP contribution in [0.15, 0.2) is 17.1 Å². The predicted octanol–water partition coefficient (Wildman–Crippen LogP) is 1.67. The lowest BCUT2D eigenvalue weighted by molar-refractivity contribution is 0.741. The Hall–Kier alpha value is -0.310. The van der Waals surface area contributed by atoms with Gasteiger partial charge in [-0.3, -0.25) is 0 Å². The van der Waals surface area contributed by atoms with Crippen molar-refractivity contribution in [2.24, 2.45) is 0 Å². The van der Waals surface area contributed by atoms with Crippen LogP contribution in [-0.4, -0.2) is 9.55 Å². The minimum absolute atomic E-state index is 0.182. The van der Waals surface area contributed by atoms with E-state index in [4.69, 9.17) is 9.60 Å². The maximum Gasteiger partial charge on any atom is 0.177 e. The van der Waals surface area contributed by atoms with Gasteiger partial charge in [-0.2, -0.15) is 0 Å². The maximum absolute atomic E-state index is 7.41. The van der Waals surface area contributed by atoms with Crippen molar-refractivity contribution in [1.82, 2.24) is 9.55 Å². The monoisotopic (exact) mass is 181 g/mol. The Labute approximate surface area is 66.5 Å². The predicted molar refractivity (Wildman–Crippen MR) is 35.6 cm³/mol. The zero-order chi connectivity index (χ0) is 12.0. The number of rotatable bonds is 1. The number of hydrogen-bond donors (Lipinski definition) is 0. The molecular weight excluding hydrogens is 168 g/mol. The molecule has 0 spiro atoms. The molecule has 44 valence electrons. The average Bonchev–Trinajstić information content (AvgIpc) is 2.24. The van der Waals surface area contributed by atoms with Gasteiger partial charge in [0.2, 0.25) is 0 Å². The van der Waals surface area contributed by atoms with Gasteiger partial charge < -0.3 is 4.57 Å². The lowest BCUT2D eigenvalue weighted by Gasteiger charge is -1.93. The van der Waals surface area contributed by atoms with Crippen molar-refractivity contribution < 1.29 is 9.60 Å². The number of nitrogens with zero attached hydrogens (tertiary/aromatic N) is 2. The van der Waals surface area contributed by atoms with Crippen LogP contribution >= 0.6 is 15.9 Å². The molecule has 0 radical (unpaired) electrons. The fourth-order valence-corrected chi connectivity index (χ4v) is 0.557. The molecule has 1 heterocycles. The van der Waals surface area contributed by atoms with Gasteiger partial charge >= 0.3 is 0 Å². The molecule has 0 atom stereocenters. The van der Waals surface area contributed by atoms with E-state index in [1.54, 1.807) is 0 Å². The van der Waals surface area contributed by atoms with E-state index in [9.17, 15) is 0 Å². The third-order valence-electron chi connectivity index (χ3n) is 0.606. The van der Waals surface area contributed by atoms with Crippen LogP contribution in [-0.2, 0) is 6.50 Å². The Kier molecular flexibility index (Phi) is 0.460. The summed E-state index contributed by atoms with van der Waals surface area (Å²) in [6.45, 7) is -5.70. The molecule has 1 aromatic rings. The molecule has 0 unspecified atom stereocenters. The molecule has 0 saturated carbocycles. The lowest BCUT2D eigenvalue weighted by Crippen LogP contribution is -1.90. The van der Waals surface area contributed by atoms with Crippen molar-refractivity contribution in [3.63, 3.8) is 0 Å². The van der Waals surface area contributed by atoms with Gasteiger partial charge in [-0.05, 0) is 22.8 Å². The van der Waals surface area contributed by atoms with Crippen LogP contribution in [0.25, 0.3) is 0 Å². The van der Waals surface area contributed by atoms with Crippen LogP contribution in [0.1, 0.15) is 16.4 Å². The van der Waals surface area contributed by atoms with Crippen molar-refractivity contribution in [2.45, 2.75) is 13.3 Å². The molecule has 0 bridgehead atoms. The van der Waals surface area contributed by atoms with Gasteiger partial charge in [0.1, 0.15) is 0 Å². The second kappa shape index (κ2) is 2.31. The molecular formula is C5H7BrN2. The quantitative estimate of drug-likeness (QED) is 0.645. The fraction of sp³-hybridized carbons (Fsp3) is 0.400. The van der Waals surface area contributed by atoms with E-state index in [0.29, 0.717) is 4.57 Å². The van der Waals surface area contributed by atoms with E-state index < -0.39 is 25.7 Å². The minimum atomic E-state index is -2.93. The van der Waals surface area contributed by atoms with Crippen LogP contribution in [0.3, 0.4) is 0 Å². The van der Waals surface area contributed by atoms with Crippen LogP contribution < -0.4 is 0 Å². The highest BCUT2D eigenvalue weighted by Gasteiger charge is 1.90. The molecule has 0 N–H and O–H groups in total. The molecule has 1 aromatic heterocycles. The second-order valence-corrected chi connectivity index (χ2v) is 1.76. The van der Waals surface area contributed by atoms with Crippen molar-refractivity contribution in [3.05, 3.63) is 17.1 Å². The highest BCUT2D eigenvalue weighted by Crippen LogP contribution is 2.04. The SMILES string of the molecule is [2H]c1nc(Br)n(C([2H])([2H])C([2H])([2H])[2H])c1[2H]. The Balaban J connectivity index is 3.39. The molecule has 8 heavy (non-hydrogen) atoms. The van der Waals surface area contributed by atoms with E-state index in [1.165, 1.54) is 0 Å². The first-order chi connectivity index (χ1) is 6.59.